The average Bonchev–Trinajstić information content (AvgIpc) is 2.49. The summed E-state index contributed by atoms with van der Waals surface area (Å²) in [6.45, 7) is 2.01. The lowest BCUT2D eigenvalue weighted by Crippen LogP contribution is -2.24. The zero-order valence-corrected chi connectivity index (χ0v) is 12.9. The van der Waals surface area contributed by atoms with Gasteiger partial charge in [0.15, 0.2) is 6.10 Å². The van der Waals surface area contributed by atoms with E-state index in [0.29, 0.717) is 17.0 Å². The topological polar surface area (TPSA) is 83.5 Å². The van der Waals surface area contributed by atoms with Crippen molar-refractivity contribution >= 4 is 17.5 Å². The van der Waals surface area contributed by atoms with E-state index < -0.39 is 12.0 Å². The molecule has 2 atom stereocenters. The second-order valence-corrected chi connectivity index (χ2v) is 6.30. The van der Waals surface area contributed by atoms with E-state index in [1.807, 2.05) is 6.92 Å². The Bertz CT molecular complexity index is 526. The SMILES string of the molecule is CC(c1c(C(O)C(N)=O)ccc(Cl)c1O)C1CCCCC1. The molecule has 0 aliphatic heterocycles. The van der Waals surface area contributed by atoms with Crippen molar-refractivity contribution < 1.29 is 15.0 Å². The van der Waals surface area contributed by atoms with Crippen molar-refractivity contribution in [3.63, 3.8) is 0 Å². The second-order valence-electron chi connectivity index (χ2n) is 5.89. The van der Waals surface area contributed by atoms with Gasteiger partial charge in [-0.05, 0) is 36.3 Å². The summed E-state index contributed by atoms with van der Waals surface area (Å²) in [5.74, 6) is -0.434. The molecule has 0 saturated heterocycles. The number of amides is 1. The first-order valence-electron chi connectivity index (χ1n) is 7.42. The number of aliphatic hydroxyl groups is 1. The van der Waals surface area contributed by atoms with Gasteiger partial charge in [-0.2, -0.15) is 0 Å². The molecule has 1 aliphatic rings. The first kappa shape index (κ1) is 16.1. The molecular formula is C16H22ClNO3. The van der Waals surface area contributed by atoms with Crippen LogP contribution in [0.15, 0.2) is 12.1 Å². The van der Waals surface area contributed by atoms with E-state index in [9.17, 15) is 15.0 Å². The number of primary amides is 1. The quantitative estimate of drug-likeness (QED) is 0.798. The fourth-order valence-corrected chi connectivity index (χ4v) is 3.50. The molecule has 0 bridgehead atoms. The van der Waals surface area contributed by atoms with Crippen LogP contribution in [0.2, 0.25) is 5.02 Å². The highest BCUT2D eigenvalue weighted by Crippen LogP contribution is 2.44. The molecule has 2 unspecified atom stereocenters. The molecule has 1 aromatic carbocycles. The number of phenolic OH excluding ortho intramolecular Hbond substituents is 1. The maximum Gasteiger partial charge on any atom is 0.250 e. The minimum atomic E-state index is -1.42. The number of rotatable bonds is 4. The Kier molecular flexibility index (Phi) is 5.12. The fourth-order valence-electron chi connectivity index (χ4n) is 3.34. The molecule has 1 aromatic rings. The van der Waals surface area contributed by atoms with E-state index in [1.54, 1.807) is 6.07 Å². The summed E-state index contributed by atoms with van der Waals surface area (Å²) in [4.78, 5) is 11.3. The Morgan fingerprint density at radius 2 is 1.95 bits per heavy atom. The largest absolute Gasteiger partial charge is 0.506 e. The summed E-state index contributed by atoms with van der Waals surface area (Å²) in [7, 11) is 0. The zero-order chi connectivity index (χ0) is 15.6. The number of carbonyl (C=O) groups is 1. The van der Waals surface area contributed by atoms with Crippen LogP contribution in [0.5, 0.6) is 5.75 Å². The van der Waals surface area contributed by atoms with Gasteiger partial charge in [-0.1, -0.05) is 43.9 Å². The predicted octanol–water partition coefficient (Wildman–Crippen LogP) is 3.25. The van der Waals surface area contributed by atoms with Crippen LogP contribution in [-0.2, 0) is 4.79 Å². The van der Waals surface area contributed by atoms with Gasteiger partial charge in [0.1, 0.15) is 5.75 Å². The van der Waals surface area contributed by atoms with Crippen LogP contribution in [0.4, 0.5) is 0 Å². The third kappa shape index (κ3) is 3.33. The van der Waals surface area contributed by atoms with E-state index in [4.69, 9.17) is 17.3 Å². The molecule has 21 heavy (non-hydrogen) atoms. The van der Waals surface area contributed by atoms with Gasteiger partial charge in [-0.3, -0.25) is 4.79 Å². The first-order valence-corrected chi connectivity index (χ1v) is 7.80. The molecule has 2 rings (SSSR count). The Morgan fingerprint density at radius 3 is 2.52 bits per heavy atom. The van der Waals surface area contributed by atoms with Crippen molar-refractivity contribution in [1.29, 1.82) is 0 Å². The van der Waals surface area contributed by atoms with Gasteiger partial charge >= 0.3 is 0 Å². The lowest BCUT2D eigenvalue weighted by Gasteiger charge is -2.30. The number of aliphatic hydroxyl groups excluding tert-OH is 1. The van der Waals surface area contributed by atoms with Gasteiger partial charge in [-0.15, -0.1) is 0 Å². The van der Waals surface area contributed by atoms with E-state index in [0.717, 1.165) is 12.8 Å². The normalized spacial score (nSPS) is 19.2. The minimum absolute atomic E-state index is 0.0213. The molecule has 1 amide bonds. The molecule has 0 radical (unpaired) electrons. The summed E-state index contributed by atoms with van der Waals surface area (Å²) in [5, 5.41) is 20.6. The Balaban J connectivity index is 2.43. The number of hydrogen-bond acceptors (Lipinski definition) is 3. The van der Waals surface area contributed by atoms with Crippen molar-refractivity contribution in [3.8, 4) is 5.75 Å². The first-order chi connectivity index (χ1) is 9.93. The lowest BCUT2D eigenvalue weighted by molar-refractivity contribution is -0.126. The van der Waals surface area contributed by atoms with Crippen LogP contribution in [-0.4, -0.2) is 16.1 Å². The van der Waals surface area contributed by atoms with Crippen molar-refractivity contribution in [1.82, 2.24) is 0 Å². The van der Waals surface area contributed by atoms with Crippen LogP contribution in [0.1, 0.15) is 62.2 Å². The predicted molar refractivity (Wildman–Crippen MR) is 82.3 cm³/mol. The van der Waals surface area contributed by atoms with E-state index in [2.05, 4.69) is 0 Å². The molecular weight excluding hydrogens is 290 g/mol. The number of phenols is 1. The highest BCUT2D eigenvalue weighted by Gasteiger charge is 2.29. The molecule has 1 saturated carbocycles. The van der Waals surface area contributed by atoms with Crippen LogP contribution < -0.4 is 5.73 Å². The van der Waals surface area contributed by atoms with Crippen molar-refractivity contribution in [3.05, 3.63) is 28.3 Å². The summed E-state index contributed by atoms with van der Waals surface area (Å²) < 4.78 is 0. The Morgan fingerprint density at radius 1 is 1.33 bits per heavy atom. The Labute approximate surface area is 129 Å². The number of hydrogen-bond donors (Lipinski definition) is 3. The summed E-state index contributed by atoms with van der Waals surface area (Å²) in [5.41, 5.74) is 6.12. The van der Waals surface area contributed by atoms with E-state index >= 15 is 0 Å². The van der Waals surface area contributed by atoms with Crippen molar-refractivity contribution in [2.75, 3.05) is 0 Å². The molecule has 5 heteroatoms. The Hall–Kier alpha value is -1.26. The monoisotopic (exact) mass is 311 g/mol. The maximum atomic E-state index is 11.3. The molecule has 0 spiro atoms. The fraction of sp³-hybridized carbons (Fsp3) is 0.562. The van der Waals surface area contributed by atoms with Crippen molar-refractivity contribution in [2.24, 2.45) is 11.7 Å². The molecule has 0 heterocycles. The van der Waals surface area contributed by atoms with Crippen LogP contribution in [0.3, 0.4) is 0 Å². The molecule has 116 valence electrons. The van der Waals surface area contributed by atoms with Gasteiger partial charge < -0.3 is 15.9 Å². The van der Waals surface area contributed by atoms with Crippen LogP contribution >= 0.6 is 11.6 Å². The van der Waals surface area contributed by atoms with Crippen molar-refractivity contribution in [2.45, 2.75) is 51.0 Å². The smallest absolute Gasteiger partial charge is 0.250 e. The van der Waals surface area contributed by atoms with E-state index in [-0.39, 0.29) is 16.7 Å². The summed E-state index contributed by atoms with van der Waals surface area (Å²) in [6, 6.07) is 3.06. The number of carbonyl (C=O) groups excluding carboxylic acids is 1. The van der Waals surface area contributed by atoms with E-state index in [1.165, 1.54) is 25.3 Å². The highest BCUT2D eigenvalue weighted by atomic mass is 35.5. The van der Waals surface area contributed by atoms with Gasteiger partial charge in [0.25, 0.3) is 5.91 Å². The highest BCUT2D eigenvalue weighted by molar-refractivity contribution is 6.32. The third-order valence-corrected chi connectivity index (χ3v) is 4.88. The van der Waals surface area contributed by atoms with Gasteiger partial charge in [0.05, 0.1) is 5.02 Å². The maximum absolute atomic E-state index is 11.3. The minimum Gasteiger partial charge on any atom is -0.506 e. The molecule has 1 aliphatic carbocycles. The number of nitrogens with two attached hydrogens (primary N) is 1. The summed E-state index contributed by atoms with van der Waals surface area (Å²) >= 11 is 6.01. The summed E-state index contributed by atoms with van der Waals surface area (Å²) in [6.07, 6.45) is 4.32. The number of aromatic hydroxyl groups is 1. The second kappa shape index (κ2) is 6.67. The van der Waals surface area contributed by atoms with Gasteiger partial charge in [0, 0.05) is 5.56 Å². The molecule has 1 fully saturated rings. The average molecular weight is 312 g/mol. The molecule has 0 aromatic heterocycles. The van der Waals surface area contributed by atoms with Gasteiger partial charge in [0.2, 0.25) is 0 Å². The molecule has 4 N–H and O–H groups in total. The third-order valence-electron chi connectivity index (χ3n) is 4.58. The zero-order valence-electron chi connectivity index (χ0n) is 12.2. The molecule has 4 nitrogen and oxygen atoms in total. The standard InChI is InChI=1S/C16H22ClNO3/c1-9(10-5-3-2-4-6-10)13-11(14(19)16(18)21)7-8-12(17)15(13)20/h7-10,14,19-20H,2-6H2,1H3,(H2,18,21). The van der Waals surface area contributed by atoms with Gasteiger partial charge in [-0.25, -0.2) is 0 Å². The van der Waals surface area contributed by atoms with Crippen LogP contribution in [0.25, 0.3) is 0 Å². The lowest BCUT2D eigenvalue weighted by atomic mass is 9.76. The van der Waals surface area contributed by atoms with Crippen LogP contribution in [0, 0.1) is 5.92 Å². The number of benzene rings is 1. The number of halogens is 1.